The summed E-state index contributed by atoms with van der Waals surface area (Å²) in [6.07, 6.45) is 63.2. The second kappa shape index (κ2) is 53.2. The second-order valence-electron chi connectivity index (χ2n) is 18.1. The number of unbranched alkanes of at least 4 members (excludes halogenated alkanes) is 36. The van der Waals surface area contributed by atoms with E-state index in [1.165, 1.54) is 230 Å². The van der Waals surface area contributed by atoms with E-state index in [0.29, 0.717) is 19.3 Å². The Bertz CT molecular complexity index is 891. The number of hydrogen-bond donors (Lipinski definition) is 1. The molecule has 0 bridgehead atoms. The molecule has 0 aromatic heterocycles. The van der Waals surface area contributed by atoms with E-state index in [1.54, 1.807) is 7.05 Å². The summed E-state index contributed by atoms with van der Waals surface area (Å²) in [4.78, 5) is 36.4. The molecule has 0 saturated carbocycles. The predicted molar refractivity (Wildman–Crippen MR) is 264 cm³/mol. The molecular weight excluding hydrogens is 739 g/mol. The summed E-state index contributed by atoms with van der Waals surface area (Å²) in [5.74, 6) is -0.662. The summed E-state index contributed by atoms with van der Waals surface area (Å²) in [6.45, 7) is 6.81. The minimum atomic E-state index is -0.653. The molecule has 0 radical (unpaired) electrons. The molecule has 0 rings (SSSR count). The van der Waals surface area contributed by atoms with Gasteiger partial charge in [-0.05, 0) is 70.6 Å². The molecule has 0 aliphatic heterocycles. The van der Waals surface area contributed by atoms with Gasteiger partial charge in [-0.2, -0.15) is 0 Å². The van der Waals surface area contributed by atoms with E-state index in [2.05, 4.69) is 45.1 Å². The van der Waals surface area contributed by atoms with Crippen molar-refractivity contribution in [3.05, 3.63) is 24.3 Å². The standard InChI is InChI=1S/C37H69NO2.C18H36O2/c1-4-6-8-10-12-14-16-18-20-22-24-26-28-30-32-34-36(39)38(3)37(40)35-33-31-29-27-25-23-21-19-17-15-13-11-9-7-5-2;1-2-3-4-5-6-7-8-9-10-11-12-13-14-15-16-17-18(19)20/h18-21H,4-17,22-35H2,1-3H3;2-17H2,1H3,(H,19,20). The van der Waals surface area contributed by atoms with Crippen LogP contribution in [0.15, 0.2) is 24.3 Å². The van der Waals surface area contributed by atoms with Gasteiger partial charge < -0.3 is 5.11 Å². The van der Waals surface area contributed by atoms with Crippen molar-refractivity contribution in [3.63, 3.8) is 0 Å². The maximum Gasteiger partial charge on any atom is 0.303 e. The lowest BCUT2D eigenvalue weighted by Crippen LogP contribution is -2.32. The van der Waals surface area contributed by atoms with Gasteiger partial charge in [0.25, 0.3) is 0 Å². The van der Waals surface area contributed by atoms with Crippen molar-refractivity contribution in [3.8, 4) is 0 Å². The quantitative estimate of drug-likeness (QED) is 0.0489. The van der Waals surface area contributed by atoms with E-state index in [9.17, 15) is 14.4 Å². The number of imide groups is 1. The second-order valence-corrected chi connectivity index (χ2v) is 18.1. The molecule has 5 nitrogen and oxygen atoms in total. The van der Waals surface area contributed by atoms with Gasteiger partial charge in [0.15, 0.2) is 0 Å². The van der Waals surface area contributed by atoms with Crippen molar-refractivity contribution in [2.75, 3.05) is 7.05 Å². The Hall–Kier alpha value is -1.91. The number of carboxylic acid groups (broad SMARTS) is 1. The number of carboxylic acids is 1. The van der Waals surface area contributed by atoms with Crippen LogP contribution >= 0.6 is 0 Å². The Balaban J connectivity index is 0. The lowest BCUT2D eigenvalue weighted by atomic mass is 10.0. The molecular formula is C55H105NO4. The molecule has 354 valence electrons. The fraction of sp³-hybridized carbons (Fsp3) is 0.873. The summed E-state index contributed by atoms with van der Waals surface area (Å²) in [7, 11) is 1.67. The van der Waals surface area contributed by atoms with Crippen LogP contribution in [0, 0.1) is 0 Å². The molecule has 0 fully saturated rings. The molecule has 0 aliphatic carbocycles. The number of carbonyl (C=O) groups is 3. The molecule has 0 aromatic carbocycles. The fourth-order valence-corrected chi connectivity index (χ4v) is 7.82. The number of rotatable bonds is 46. The van der Waals surface area contributed by atoms with Crippen molar-refractivity contribution in [1.82, 2.24) is 4.90 Å². The van der Waals surface area contributed by atoms with Crippen molar-refractivity contribution in [2.24, 2.45) is 0 Å². The van der Waals surface area contributed by atoms with Gasteiger partial charge in [0.1, 0.15) is 0 Å². The molecule has 0 saturated heterocycles. The normalized spacial score (nSPS) is 11.4. The van der Waals surface area contributed by atoms with Crippen LogP contribution in [0.2, 0.25) is 0 Å². The summed E-state index contributed by atoms with van der Waals surface area (Å²) in [5, 5.41) is 8.52. The number of aliphatic carboxylic acids is 1. The molecule has 60 heavy (non-hydrogen) atoms. The first-order valence-corrected chi connectivity index (χ1v) is 26.7. The van der Waals surface area contributed by atoms with Crippen LogP contribution < -0.4 is 0 Å². The minimum Gasteiger partial charge on any atom is -0.481 e. The first kappa shape index (κ1) is 60.2. The highest BCUT2D eigenvalue weighted by molar-refractivity contribution is 5.94. The number of carbonyl (C=O) groups excluding carboxylic acids is 2. The monoisotopic (exact) mass is 844 g/mol. The largest absolute Gasteiger partial charge is 0.481 e. The summed E-state index contributed by atoms with van der Waals surface area (Å²) >= 11 is 0. The first-order chi connectivity index (χ1) is 29.4. The lowest BCUT2D eigenvalue weighted by molar-refractivity contribution is -0.143. The van der Waals surface area contributed by atoms with E-state index in [0.717, 1.165) is 38.5 Å². The van der Waals surface area contributed by atoms with Gasteiger partial charge in [-0.15, -0.1) is 0 Å². The Labute approximate surface area is 375 Å². The van der Waals surface area contributed by atoms with Crippen LogP contribution in [-0.4, -0.2) is 34.8 Å². The van der Waals surface area contributed by atoms with E-state index in [-0.39, 0.29) is 11.8 Å². The van der Waals surface area contributed by atoms with Crippen molar-refractivity contribution < 1.29 is 19.5 Å². The van der Waals surface area contributed by atoms with Gasteiger partial charge in [-0.3, -0.25) is 19.3 Å². The third kappa shape index (κ3) is 52.2. The van der Waals surface area contributed by atoms with Gasteiger partial charge >= 0.3 is 5.97 Å². The maximum atomic E-state index is 12.4. The smallest absolute Gasteiger partial charge is 0.303 e. The van der Waals surface area contributed by atoms with Gasteiger partial charge in [0, 0.05) is 26.3 Å². The van der Waals surface area contributed by atoms with Gasteiger partial charge in [0.05, 0.1) is 0 Å². The SMILES string of the molecule is CCCCCCCCC=CCCCCCCCC(=O)N(C)C(=O)CCCCCCCC=CCCCCCCCC.CCCCCCCCCCCCCCCCCC(=O)O. The molecule has 0 heterocycles. The summed E-state index contributed by atoms with van der Waals surface area (Å²) in [6, 6.07) is 0. The Morgan fingerprint density at radius 1 is 0.317 bits per heavy atom. The van der Waals surface area contributed by atoms with Crippen LogP contribution in [0.25, 0.3) is 0 Å². The van der Waals surface area contributed by atoms with Gasteiger partial charge in [-0.25, -0.2) is 0 Å². The highest BCUT2D eigenvalue weighted by Crippen LogP contribution is 2.15. The summed E-state index contributed by atoms with van der Waals surface area (Å²) < 4.78 is 0. The fourth-order valence-electron chi connectivity index (χ4n) is 7.82. The zero-order valence-corrected chi connectivity index (χ0v) is 41.0. The predicted octanol–water partition coefficient (Wildman–Crippen LogP) is 18.4. The highest BCUT2D eigenvalue weighted by atomic mass is 16.4. The average molecular weight is 844 g/mol. The Morgan fingerprint density at radius 2 is 0.517 bits per heavy atom. The molecule has 1 N–H and O–H groups in total. The van der Waals surface area contributed by atoms with Crippen molar-refractivity contribution in [1.29, 1.82) is 0 Å². The van der Waals surface area contributed by atoms with Gasteiger partial charge in [-0.1, -0.05) is 238 Å². The maximum absolute atomic E-state index is 12.4. The topological polar surface area (TPSA) is 74.7 Å². The lowest BCUT2D eigenvalue weighted by Gasteiger charge is -2.15. The highest BCUT2D eigenvalue weighted by Gasteiger charge is 2.15. The van der Waals surface area contributed by atoms with Crippen LogP contribution in [0.5, 0.6) is 0 Å². The van der Waals surface area contributed by atoms with Gasteiger partial charge in [0.2, 0.25) is 11.8 Å². The Morgan fingerprint density at radius 3 is 0.750 bits per heavy atom. The molecule has 5 heteroatoms. The molecule has 0 spiro atoms. The van der Waals surface area contributed by atoms with E-state index < -0.39 is 5.97 Å². The zero-order chi connectivity index (χ0) is 44.3. The molecule has 0 atom stereocenters. The first-order valence-electron chi connectivity index (χ1n) is 26.7. The average Bonchev–Trinajstić information content (AvgIpc) is 3.24. The number of nitrogens with zero attached hydrogens (tertiary/aromatic N) is 1. The Kier molecular flexibility index (Phi) is 53.4. The van der Waals surface area contributed by atoms with Crippen LogP contribution in [0.3, 0.4) is 0 Å². The zero-order valence-electron chi connectivity index (χ0n) is 41.0. The van der Waals surface area contributed by atoms with E-state index >= 15 is 0 Å². The van der Waals surface area contributed by atoms with Crippen LogP contribution in [0.4, 0.5) is 0 Å². The van der Waals surface area contributed by atoms with Crippen LogP contribution in [-0.2, 0) is 14.4 Å². The van der Waals surface area contributed by atoms with Crippen molar-refractivity contribution in [2.45, 2.75) is 303 Å². The number of amides is 2. The third-order valence-corrected chi connectivity index (χ3v) is 12.0. The summed E-state index contributed by atoms with van der Waals surface area (Å²) in [5.41, 5.74) is 0. The minimum absolute atomic E-state index is 0.00428. The number of allylic oxidation sites excluding steroid dienone is 4. The van der Waals surface area contributed by atoms with E-state index in [4.69, 9.17) is 5.11 Å². The molecule has 0 aliphatic rings. The van der Waals surface area contributed by atoms with E-state index in [1.807, 2.05) is 0 Å². The third-order valence-electron chi connectivity index (χ3n) is 12.0. The molecule has 2 amide bonds. The molecule has 0 aromatic rings. The number of hydrogen-bond acceptors (Lipinski definition) is 3. The van der Waals surface area contributed by atoms with Crippen LogP contribution in [0.1, 0.15) is 303 Å². The van der Waals surface area contributed by atoms with Crippen molar-refractivity contribution >= 4 is 17.8 Å². The molecule has 0 unspecified atom stereocenters.